The fraction of sp³-hybridized carbons (Fsp3) is 0.579. The largest absolute Gasteiger partial charge is 0.462 e. The van der Waals surface area contributed by atoms with Crippen molar-refractivity contribution in [3.8, 4) is 0 Å². The minimum atomic E-state index is -0.420. The van der Waals surface area contributed by atoms with E-state index in [1.54, 1.807) is 25.1 Å². The summed E-state index contributed by atoms with van der Waals surface area (Å²) in [4.78, 5) is 14.3. The predicted octanol–water partition coefficient (Wildman–Crippen LogP) is 3.93. The van der Waals surface area contributed by atoms with E-state index in [0.29, 0.717) is 22.3 Å². The molecule has 1 heterocycles. The third kappa shape index (κ3) is 6.74. The number of nitrogens with one attached hydrogen (secondary N) is 2. The molecule has 1 fully saturated rings. The smallest absolute Gasteiger partial charge is 0.339 e. The average Bonchev–Trinajstić information content (AvgIpc) is 2.60. The molecule has 1 saturated heterocycles. The Bertz CT molecular complexity index is 619. The number of carbonyl (C=O) groups excluding carboxylic acids is 1. The monoisotopic (exact) mass is 397 g/mol. The second-order valence-corrected chi connectivity index (χ2v) is 7.49. The van der Waals surface area contributed by atoms with Gasteiger partial charge in [0.05, 0.1) is 17.2 Å². The van der Waals surface area contributed by atoms with E-state index in [0.717, 1.165) is 31.1 Å². The molecule has 0 unspecified atom stereocenters. The second kappa shape index (κ2) is 10.7. The Balaban J connectivity index is 1.70. The lowest BCUT2D eigenvalue weighted by Crippen LogP contribution is -2.36. The Kier molecular flexibility index (Phi) is 8.62. The minimum Gasteiger partial charge on any atom is -0.462 e. The van der Waals surface area contributed by atoms with E-state index >= 15 is 0 Å². The summed E-state index contributed by atoms with van der Waals surface area (Å²) >= 11 is 11.5. The number of ether oxygens (including phenoxy) is 1. The average molecular weight is 398 g/mol. The van der Waals surface area contributed by atoms with Crippen LogP contribution in [0.25, 0.3) is 0 Å². The number of carbonyl (C=O) groups is 1. The van der Waals surface area contributed by atoms with Crippen LogP contribution in [0.4, 0.5) is 5.69 Å². The van der Waals surface area contributed by atoms with Crippen LogP contribution in [-0.2, 0) is 4.74 Å². The SMILES string of the molecule is CCOC(=O)c1ccc(NC(=S)NCCCN2CCC(C)CC2)cc1Cl. The van der Waals surface area contributed by atoms with Gasteiger partial charge < -0.3 is 20.3 Å². The fourth-order valence-electron chi connectivity index (χ4n) is 2.93. The normalized spacial score (nSPS) is 15.5. The molecule has 2 rings (SSSR count). The number of anilines is 1. The summed E-state index contributed by atoms with van der Waals surface area (Å²) in [5.74, 6) is 0.444. The van der Waals surface area contributed by atoms with Crippen molar-refractivity contribution in [1.82, 2.24) is 10.2 Å². The molecule has 0 radical (unpaired) electrons. The number of hydrogen-bond donors (Lipinski definition) is 2. The summed E-state index contributed by atoms with van der Waals surface area (Å²) in [6.45, 7) is 8.74. The summed E-state index contributed by atoms with van der Waals surface area (Å²) in [6.07, 6.45) is 3.66. The van der Waals surface area contributed by atoms with Gasteiger partial charge in [-0.1, -0.05) is 18.5 Å². The lowest BCUT2D eigenvalue weighted by molar-refractivity contribution is 0.0526. The van der Waals surface area contributed by atoms with Crippen LogP contribution in [0.15, 0.2) is 18.2 Å². The van der Waals surface area contributed by atoms with Crippen LogP contribution in [0.1, 0.15) is 43.5 Å². The van der Waals surface area contributed by atoms with Gasteiger partial charge in [0.25, 0.3) is 0 Å². The second-order valence-electron chi connectivity index (χ2n) is 6.67. The van der Waals surface area contributed by atoms with Crippen molar-refractivity contribution in [1.29, 1.82) is 0 Å². The Labute approximate surface area is 166 Å². The van der Waals surface area contributed by atoms with Crippen LogP contribution in [0, 0.1) is 5.92 Å². The summed E-state index contributed by atoms with van der Waals surface area (Å²) in [5, 5.41) is 7.21. The highest BCUT2D eigenvalue weighted by atomic mass is 35.5. The lowest BCUT2D eigenvalue weighted by Gasteiger charge is -2.30. The van der Waals surface area contributed by atoms with E-state index in [-0.39, 0.29) is 0 Å². The number of likely N-dealkylation sites (tertiary alicyclic amines) is 1. The predicted molar refractivity (Wildman–Crippen MR) is 111 cm³/mol. The zero-order chi connectivity index (χ0) is 18.9. The van der Waals surface area contributed by atoms with Gasteiger partial charge >= 0.3 is 5.97 Å². The number of nitrogens with zero attached hydrogens (tertiary/aromatic N) is 1. The quantitative estimate of drug-likeness (QED) is 0.413. The van der Waals surface area contributed by atoms with Crippen LogP contribution < -0.4 is 10.6 Å². The van der Waals surface area contributed by atoms with Gasteiger partial charge in [0.15, 0.2) is 5.11 Å². The van der Waals surface area contributed by atoms with Crippen molar-refractivity contribution in [2.45, 2.75) is 33.1 Å². The maximum atomic E-state index is 11.8. The first-order chi connectivity index (χ1) is 12.5. The first kappa shape index (κ1) is 20.9. The maximum absolute atomic E-state index is 11.8. The van der Waals surface area contributed by atoms with Crippen molar-refractivity contribution in [2.75, 3.05) is 38.1 Å². The molecule has 0 spiro atoms. The molecular formula is C19H28ClN3O2S. The van der Waals surface area contributed by atoms with E-state index in [2.05, 4.69) is 22.5 Å². The molecule has 0 aromatic heterocycles. The molecule has 0 saturated carbocycles. The first-order valence-corrected chi connectivity index (χ1v) is 10.0. The summed E-state index contributed by atoms with van der Waals surface area (Å²) in [5.41, 5.74) is 1.10. The number of halogens is 1. The van der Waals surface area contributed by atoms with E-state index in [9.17, 15) is 4.79 Å². The summed E-state index contributed by atoms with van der Waals surface area (Å²) in [7, 11) is 0. The van der Waals surface area contributed by atoms with Gasteiger partial charge in [-0.2, -0.15) is 0 Å². The van der Waals surface area contributed by atoms with Crippen molar-refractivity contribution in [3.05, 3.63) is 28.8 Å². The number of benzene rings is 1. The number of thiocarbonyl (C=S) groups is 1. The van der Waals surface area contributed by atoms with Gasteiger partial charge in [0.1, 0.15) is 0 Å². The van der Waals surface area contributed by atoms with Crippen LogP contribution in [0.2, 0.25) is 5.02 Å². The van der Waals surface area contributed by atoms with Gasteiger partial charge in [-0.3, -0.25) is 0 Å². The highest BCUT2D eigenvalue weighted by Crippen LogP contribution is 2.22. The van der Waals surface area contributed by atoms with Gasteiger partial charge in [-0.25, -0.2) is 4.79 Å². The molecule has 144 valence electrons. The number of esters is 1. The molecule has 1 aliphatic heterocycles. The molecule has 7 heteroatoms. The molecule has 5 nitrogen and oxygen atoms in total. The molecule has 26 heavy (non-hydrogen) atoms. The highest BCUT2D eigenvalue weighted by molar-refractivity contribution is 7.80. The van der Waals surface area contributed by atoms with Gasteiger partial charge in [-0.05, 0) is 82.2 Å². The van der Waals surface area contributed by atoms with Crippen molar-refractivity contribution in [3.63, 3.8) is 0 Å². The first-order valence-electron chi connectivity index (χ1n) is 9.23. The molecule has 0 atom stereocenters. The third-order valence-electron chi connectivity index (χ3n) is 4.54. The Morgan fingerprint density at radius 1 is 1.38 bits per heavy atom. The molecule has 1 aromatic rings. The zero-order valence-corrected chi connectivity index (χ0v) is 17.1. The Hall–Kier alpha value is -1.37. The number of piperidine rings is 1. The van der Waals surface area contributed by atoms with Crippen molar-refractivity contribution < 1.29 is 9.53 Å². The van der Waals surface area contributed by atoms with Crippen LogP contribution >= 0.6 is 23.8 Å². The molecule has 1 aromatic carbocycles. The van der Waals surface area contributed by atoms with Crippen molar-refractivity contribution in [2.24, 2.45) is 5.92 Å². The van der Waals surface area contributed by atoms with E-state index in [1.165, 1.54) is 25.9 Å². The topological polar surface area (TPSA) is 53.6 Å². The zero-order valence-electron chi connectivity index (χ0n) is 15.5. The number of hydrogen-bond acceptors (Lipinski definition) is 4. The lowest BCUT2D eigenvalue weighted by atomic mass is 9.99. The molecule has 0 amide bonds. The van der Waals surface area contributed by atoms with E-state index in [1.807, 2.05) is 0 Å². The van der Waals surface area contributed by atoms with Gasteiger partial charge in [-0.15, -0.1) is 0 Å². The molecule has 2 N–H and O–H groups in total. The Morgan fingerprint density at radius 3 is 2.77 bits per heavy atom. The molecule has 1 aliphatic rings. The van der Waals surface area contributed by atoms with Gasteiger partial charge in [0, 0.05) is 12.2 Å². The van der Waals surface area contributed by atoms with Gasteiger partial charge in [0.2, 0.25) is 0 Å². The summed E-state index contributed by atoms with van der Waals surface area (Å²) < 4.78 is 4.97. The Morgan fingerprint density at radius 2 is 2.12 bits per heavy atom. The van der Waals surface area contributed by atoms with Crippen LogP contribution in [-0.4, -0.2) is 48.8 Å². The van der Waals surface area contributed by atoms with Crippen LogP contribution in [0.5, 0.6) is 0 Å². The standard InChI is InChI=1S/C19H28ClN3O2S/c1-3-25-18(24)16-6-5-15(13-17(16)20)22-19(26)21-9-4-10-23-11-7-14(2)8-12-23/h5-6,13-14H,3-4,7-12H2,1-2H3,(H2,21,22,26). The summed E-state index contributed by atoms with van der Waals surface area (Å²) in [6, 6.07) is 5.08. The van der Waals surface area contributed by atoms with Crippen molar-refractivity contribution >= 4 is 40.6 Å². The maximum Gasteiger partial charge on any atom is 0.339 e. The highest BCUT2D eigenvalue weighted by Gasteiger charge is 2.15. The third-order valence-corrected chi connectivity index (χ3v) is 5.09. The minimum absolute atomic E-state index is 0.319. The van der Waals surface area contributed by atoms with E-state index < -0.39 is 5.97 Å². The number of rotatable bonds is 7. The molecule has 0 bridgehead atoms. The fourth-order valence-corrected chi connectivity index (χ4v) is 3.41. The van der Waals surface area contributed by atoms with E-state index in [4.69, 9.17) is 28.6 Å². The molecular weight excluding hydrogens is 370 g/mol. The van der Waals surface area contributed by atoms with Crippen LogP contribution in [0.3, 0.4) is 0 Å². The molecule has 0 aliphatic carbocycles.